The van der Waals surface area contributed by atoms with Crippen LogP contribution in [0.2, 0.25) is 0 Å². The molecule has 0 saturated heterocycles. The Hall–Kier alpha value is 1.04. The van der Waals surface area contributed by atoms with Gasteiger partial charge in [0.25, 0.3) is 0 Å². The summed E-state index contributed by atoms with van der Waals surface area (Å²) >= 11 is 3.58. The normalized spacial score (nSPS) is 42.5. The molecule has 2 saturated carbocycles. The molecule has 2 atom stereocenters. The minimum absolute atomic E-state index is 0. The minimum atomic E-state index is 0. The third-order valence-corrected chi connectivity index (χ3v) is 4.07. The van der Waals surface area contributed by atoms with E-state index < -0.39 is 0 Å². The average molecular weight is 211 g/mol. The zero-order valence-electron chi connectivity index (χ0n) is 7.19. The summed E-state index contributed by atoms with van der Waals surface area (Å²) in [5, 5.41) is 0. The minimum Gasteiger partial charge on any atom is -0.411 e. The molecule has 0 aromatic rings. The van der Waals surface area contributed by atoms with E-state index in [2.05, 4.69) is 15.9 Å². The van der Waals surface area contributed by atoms with E-state index in [1.54, 1.807) is 0 Å². The Morgan fingerprint density at radius 3 is 2.73 bits per heavy atom. The van der Waals surface area contributed by atoms with Crippen molar-refractivity contribution in [3.63, 3.8) is 0 Å². The fourth-order valence-corrected chi connectivity index (χ4v) is 3.23. The number of hydrogen-bond donors (Lipinski definition) is 0. The number of ether oxygens (including phenoxy) is 1. The Bertz CT molecular complexity index is 153. The molecule has 1 nitrogen and oxygen atoms in total. The van der Waals surface area contributed by atoms with E-state index in [1.807, 2.05) is 7.11 Å². The number of hydrogen-bond acceptors (Lipinski definition) is 1. The van der Waals surface area contributed by atoms with Crippen LogP contribution in [0.4, 0.5) is 0 Å². The summed E-state index contributed by atoms with van der Waals surface area (Å²) < 4.78 is 5.48. The van der Waals surface area contributed by atoms with Gasteiger partial charge in [-0.05, 0) is 0 Å². The Labute approximate surface area is 88.6 Å². The molecule has 0 N–H and O–H groups in total. The summed E-state index contributed by atoms with van der Waals surface area (Å²) in [6.45, 7) is 0. The van der Waals surface area contributed by atoms with Crippen LogP contribution >= 0.6 is 15.9 Å². The Morgan fingerprint density at radius 2 is 2.27 bits per heavy atom. The van der Waals surface area contributed by atoms with E-state index in [1.165, 1.54) is 30.5 Å². The number of fused-ring (bicyclic) bond motifs is 1. The molecule has 3 heteroatoms. The maximum atomic E-state index is 5.48. The molecule has 2 aliphatic rings. The molecule has 2 aliphatic carbocycles. The predicted molar refractivity (Wildman–Crippen MR) is 43.9 cm³/mol. The molecule has 0 unspecified atom stereocenters. The number of rotatable bonds is 1. The molecule has 0 aromatic carbocycles. The molecule has 0 heterocycles. The summed E-state index contributed by atoms with van der Waals surface area (Å²) in [4.78, 5) is 1.42. The van der Waals surface area contributed by atoms with Crippen molar-refractivity contribution in [1.82, 2.24) is 0 Å². The van der Waals surface area contributed by atoms with Gasteiger partial charge >= 0.3 is 18.9 Å². The van der Waals surface area contributed by atoms with E-state index in [-0.39, 0.29) is 24.5 Å². The second-order valence-electron chi connectivity index (χ2n) is 3.24. The van der Waals surface area contributed by atoms with Crippen LogP contribution in [-0.2, 0) is 4.74 Å². The van der Waals surface area contributed by atoms with Gasteiger partial charge in [0.1, 0.15) is 0 Å². The van der Waals surface area contributed by atoms with Crippen molar-refractivity contribution < 1.29 is 23.6 Å². The van der Waals surface area contributed by atoms with Gasteiger partial charge in [-0.2, -0.15) is 5.92 Å². The van der Waals surface area contributed by atoms with Crippen molar-refractivity contribution >= 4 is 15.9 Å². The van der Waals surface area contributed by atoms with Crippen molar-refractivity contribution in [1.29, 1.82) is 0 Å². The SMILES string of the molecule is CO[C@@]12CCCC[C@@H]1[C-]2Br.[Li+]. The van der Waals surface area contributed by atoms with Crippen LogP contribution in [-0.4, -0.2) is 12.7 Å². The first-order valence-corrected chi connectivity index (χ1v) is 4.68. The van der Waals surface area contributed by atoms with Gasteiger partial charge in [-0.15, -0.1) is 0 Å². The van der Waals surface area contributed by atoms with Crippen LogP contribution in [0.1, 0.15) is 25.7 Å². The summed E-state index contributed by atoms with van der Waals surface area (Å²) in [6, 6.07) is 0. The maximum absolute atomic E-state index is 5.48. The largest absolute Gasteiger partial charge is 1.00 e. The van der Waals surface area contributed by atoms with Crippen molar-refractivity contribution in [2.45, 2.75) is 31.3 Å². The first-order valence-electron chi connectivity index (χ1n) is 3.89. The third-order valence-electron chi connectivity index (χ3n) is 2.84. The molecule has 2 rings (SSSR count). The van der Waals surface area contributed by atoms with Gasteiger partial charge in [-0.25, -0.2) is 4.83 Å². The van der Waals surface area contributed by atoms with Gasteiger partial charge in [-0.3, -0.25) is 0 Å². The number of methoxy groups -OCH3 is 1. The zero-order chi connectivity index (χ0) is 7.19. The van der Waals surface area contributed by atoms with Gasteiger partial charge in [-0.1, -0.05) is 31.3 Å². The Balaban J connectivity index is 0.000000605. The molecule has 0 radical (unpaired) electrons. The second-order valence-corrected chi connectivity index (χ2v) is 4.09. The zero-order valence-corrected chi connectivity index (χ0v) is 8.78. The van der Waals surface area contributed by atoms with E-state index in [0.717, 1.165) is 5.92 Å². The van der Waals surface area contributed by atoms with Crippen LogP contribution < -0.4 is 18.9 Å². The van der Waals surface area contributed by atoms with Gasteiger partial charge in [0.05, 0.1) is 0 Å². The molecule has 2 fully saturated rings. The Morgan fingerprint density at radius 1 is 1.55 bits per heavy atom. The summed E-state index contributed by atoms with van der Waals surface area (Å²) in [5.74, 6) is 0.742. The van der Waals surface area contributed by atoms with Crippen LogP contribution in [0.25, 0.3) is 0 Å². The average Bonchev–Trinajstić information content (AvgIpc) is 2.60. The smallest absolute Gasteiger partial charge is 0.411 e. The monoisotopic (exact) mass is 210 g/mol. The second kappa shape index (κ2) is 3.42. The van der Waals surface area contributed by atoms with E-state index in [0.29, 0.717) is 0 Å². The van der Waals surface area contributed by atoms with Crippen LogP contribution in [0.15, 0.2) is 0 Å². The Kier molecular flexibility index (Phi) is 3.14. The van der Waals surface area contributed by atoms with Gasteiger partial charge in [0.15, 0.2) is 0 Å². The van der Waals surface area contributed by atoms with Gasteiger partial charge in [0.2, 0.25) is 0 Å². The van der Waals surface area contributed by atoms with Crippen LogP contribution in [0.5, 0.6) is 0 Å². The molecule has 58 valence electrons. The molecule has 0 amide bonds. The van der Waals surface area contributed by atoms with Crippen molar-refractivity contribution in [3.05, 3.63) is 4.83 Å². The summed E-state index contributed by atoms with van der Waals surface area (Å²) in [5.41, 5.74) is 0.179. The topological polar surface area (TPSA) is 9.23 Å². The first kappa shape index (κ1) is 10.1. The fourth-order valence-electron chi connectivity index (χ4n) is 2.11. The molecular formula is C8H12BrLiO. The van der Waals surface area contributed by atoms with Crippen LogP contribution in [0.3, 0.4) is 0 Å². The molecule has 11 heavy (non-hydrogen) atoms. The molecule has 0 aromatic heterocycles. The third kappa shape index (κ3) is 1.33. The predicted octanol–water partition coefficient (Wildman–Crippen LogP) is -0.494. The molecule has 0 bridgehead atoms. The maximum Gasteiger partial charge on any atom is 1.00 e. The molecule has 0 aliphatic heterocycles. The van der Waals surface area contributed by atoms with Gasteiger partial charge < -0.3 is 20.7 Å². The standard InChI is InChI=1S/C8H12BrO.Li/c1-10-8-5-3-2-4-6(8)7(8)9;/h6H,2-5H2,1H3;/q-1;+1/t6-,8+;/m1./s1. The fraction of sp³-hybridized carbons (Fsp3) is 0.875. The van der Waals surface area contributed by atoms with Crippen LogP contribution in [0, 0.1) is 10.7 Å². The van der Waals surface area contributed by atoms with Crippen molar-refractivity contribution in [2.75, 3.05) is 7.11 Å². The van der Waals surface area contributed by atoms with E-state index in [9.17, 15) is 0 Å². The summed E-state index contributed by atoms with van der Waals surface area (Å²) in [6.07, 6.45) is 5.27. The molecule has 0 spiro atoms. The quantitative estimate of drug-likeness (QED) is 0.420. The van der Waals surface area contributed by atoms with Crippen molar-refractivity contribution in [3.8, 4) is 0 Å². The van der Waals surface area contributed by atoms with Gasteiger partial charge in [0, 0.05) is 7.11 Å². The van der Waals surface area contributed by atoms with E-state index in [4.69, 9.17) is 4.74 Å². The van der Waals surface area contributed by atoms with E-state index >= 15 is 0 Å². The summed E-state index contributed by atoms with van der Waals surface area (Å²) in [7, 11) is 1.83. The molecular weight excluding hydrogens is 199 g/mol. The number of halogens is 1. The van der Waals surface area contributed by atoms with Crippen molar-refractivity contribution in [2.24, 2.45) is 5.92 Å². The first-order chi connectivity index (χ1) is 4.81.